The molecule has 2 N–H and O–H groups in total. The Hall–Kier alpha value is -0.0700. The van der Waals surface area contributed by atoms with Crippen LogP contribution in [0.5, 0.6) is 0 Å². The smallest absolute Gasteiger partial charge is 0.371 e. The first-order valence-corrected chi connectivity index (χ1v) is 15.8. The first-order valence-electron chi connectivity index (χ1n) is 14.3. The maximum atomic E-state index is 11.2. The molecule has 5 unspecified atom stereocenters. The van der Waals surface area contributed by atoms with Crippen LogP contribution >= 0.6 is 21.1 Å². The zero-order valence-electron chi connectivity index (χ0n) is 22.7. The molecule has 0 heterocycles. The number of aliphatic hydroxyl groups is 1. The van der Waals surface area contributed by atoms with Gasteiger partial charge >= 0.3 is 11.5 Å². The lowest BCUT2D eigenvalue weighted by atomic mass is 9.91. The summed E-state index contributed by atoms with van der Waals surface area (Å²) in [5.41, 5.74) is -3.12. The fourth-order valence-electron chi connectivity index (χ4n) is 4.39. The highest BCUT2D eigenvalue weighted by molar-refractivity contribution is 7.80. The Morgan fingerprint density at radius 1 is 0.829 bits per heavy atom. The van der Waals surface area contributed by atoms with Crippen LogP contribution in [0.2, 0.25) is 0 Å². The molecule has 8 heteroatoms. The third kappa shape index (κ3) is 18.8. The lowest BCUT2D eigenvalue weighted by molar-refractivity contribution is -0.256. The standard InChI is InChI=1S/C27H55O6PS/c1-4-7-9-11-12-13-14-15-17-19-21-23(20-18-16-10-8-5-2)22-25(35)32-24(6-3)33-27(30,34-31)26(28)29/h23-25,30,35H,4-22,34H2,1-3H3,(H,28,29). The van der Waals surface area contributed by atoms with Crippen molar-refractivity contribution in [2.24, 2.45) is 5.92 Å². The van der Waals surface area contributed by atoms with Gasteiger partial charge in [0.25, 0.3) is 0 Å². The second-order valence-electron chi connectivity index (χ2n) is 9.94. The minimum absolute atomic E-state index is 0.326. The molecule has 0 rings (SSSR count). The molecular formula is C27H55O6PS. The molecule has 0 bridgehead atoms. The lowest BCUT2D eigenvalue weighted by Crippen LogP contribution is -2.40. The summed E-state index contributed by atoms with van der Waals surface area (Å²) in [7, 11) is -2.07. The Balaban J connectivity index is 4.51. The number of rotatable bonds is 26. The Labute approximate surface area is 221 Å². The van der Waals surface area contributed by atoms with Crippen molar-refractivity contribution in [1.29, 1.82) is 0 Å². The van der Waals surface area contributed by atoms with E-state index < -0.39 is 31.7 Å². The third-order valence-corrected chi connectivity index (χ3v) is 7.67. The summed E-state index contributed by atoms with van der Waals surface area (Å²) in [4.78, 5) is 11.2. The third-order valence-electron chi connectivity index (χ3n) is 6.64. The van der Waals surface area contributed by atoms with Gasteiger partial charge in [0.05, 0.1) is 0 Å². The number of aliphatic carboxylic acids is 1. The van der Waals surface area contributed by atoms with Crippen molar-refractivity contribution in [2.45, 2.75) is 160 Å². The number of thiol groups is 1. The molecule has 5 atom stereocenters. The maximum absolute atomic E-state index is 11.2. The fraction of sp³-hybridized carbons (Fsp3) is 0.963. The van der Waals surface area contributed by atoms with Crippen molar-refractivity contribution in [3.63, 3.8) is 0 Å². The van der Waals surface area contributed by atoms with E-state index in [0.29, 0.717) is 12.3 Å². The molecule has 0 radical (unpaired) electrons. The van der Waals surface area contributed by atoms with Crippen LogP contribution in [-0.4, -0.2) is 33.4 Å². The molecule has 0 aliphatic heterocycles. The maximum Gasteiger partial charge on any atom is 0.371 e. The van der Waals surface area contributed by atoms with Crippen molar-refractivity contribution in [3.8, 4) is 0 Å². The van der Waals surface area contributed by atoms with E-state index >= 15 is 0 Å². The van der Waals surface area contributed by atoms with Gasteiger partial charge in [-0.05, 0) is 18.8 Å². The van der Waals surface area contributed by atoms with Crippen LogP contribution in [0.3, 0.4) is 0 Å². The van der Waals surface area contributed by atoms with Crippen molar-refractivity contribution in [2.75, 3.05) is 0 Å². The molecule has 0 saturated heterocycles. The zero-order chi connectivity index (χ0) is 26.4. The van der Waals surface area contributed by atoms with Gasteiger partial charge in [-0.3, -0.25) is 0 Å². The van der Waals surface area contributed by atoms with E-state index in [-0.39, 0.29) is 0 Å². The molecule has 35 heavy (non-hydrogen) atoms. The van der Waals surface area contributed by atoms with Crippen molar-refractivity contribution in [1.82, 2.24) is 0 Å². The van der Waals surface area contributed by atoms with Gasteiger partial charge in [-0.2, -0.15) is 0 Å². The van der Waals surface area contributed by atoms with Crippen LogP contribution in [0.1, 0.15) is 143 Å². The molecule has 0 saturated carbocycles. The van der Waals surface area contributed by atoms with Crippen LogP contribution in [0, 0.1) is 5.92 Å². The summed E-state index contributed by atoms with van der Waals surface area (Å²) >= 11 is 4.60. The van der Waals surface area contributed by atoms with Crippen LogP contribution in [0.25, 0.3) is 0 Å². The van der Waals surface area contributed by atoms with Gasteiger partial charge in [-0.25, -0.2) is 4.79 Å². The zero-order valence-corrected chi connectivity index (χ0v) is 24.8. The molecule has 210 valence electrons. The largest absolute Gasteiger partial charge is 0.477 e. The van der Waals surface area contributed by atoms with E-state index in [4.69, 9.17) is 14.6 Å². The van der Waals surface area contributed by atoms with Gasteiger partial charge in [0.2, 0.25) is 0 Å². The minimum Gasteiger partial charge on any atom is -0.477 e. The molecule has 0 spiro atoms. The summed E-state index contributed by atoms with van der Waals surface area (Å²) in [6.07, 6.45) is 21.9. The Kier molecular flexibility index (Phi) is 23.0. The van der Waals surface area contributed by atoms with Crippen molar-refractivity contribution in [3.05, 3.63) is 0 Å². The SMILES string of the molecule is CCCCCCCCCCCCC(CCCCCCC)CC(S)OC(CC)OC(O)([PH2]=O)C(=O)O. The summed E-state index contributed by atoms with van der Waals surface area (Å²) in [6.45, 7) is 6.25. The van der Waals surface area contributed by atoms with Gasteiger partial charge in [0.1, 0.15) is 13.9 Å². The first-order chi connectivity index (χ1) is 16.8. The normalized spacial score (nSPS) is 16.4. The first kappa shape index (κ1) is 34.9. The van der Waals surface area contributed by atoms with Gasteiger partial charge < -0.3 is 24.3 Å². The van der Waals surface area contributed by atoms with Gasteiger partial charge in [-0.1, -0.05) is 130 Å². The summed E-state index contributed by atoms with van der Waals surface area (Å²) < 4.78 is 22.2. The molecule has 0 amide bonds. The van der Waals surface area contributed by atoms with Gasteiger partial charge in [0, 0.05) is 0 Å². The van der Waals surface area contributed by atoms with Crippen molar-refractivity contribution >= 4 is 27.1 Å². The van der Waals surface area contributed by atoms with Gasteiger partial charge in [0.15, 0.2) is 6.29 Å². The number of carbonyl (C=O) groups is 1. The number of carboxylic acid groups (broad SMARTS) is 1. The fourth-order valence-corrected chi connectivity index (χ4v) is 5.13. The van der Waals surface area contributed by atoms with E-state index in [2.05, 4.69) is 26.5 Å². The molecule has 0 fully saturated rings. The van der Waals surface area contributed by atoms with E-state index in [0.717, 1.165) is 19.3 Å². The highest BCUT2D eigenvalue weighted by Crippen LogP contribution is 2.29. The Morgan fingerprint density at radius 2 is 1.26 bits per heavy atom. The molecule has 6 nitrogen and oxygen atoms in total. The topological polar surface area (TPSA) is 93.1 Å². The van der Waals surface area contributed by atoms with Crippen molar-refractivity contribution < 1.29 is 29.0 Å². The second kappa shape index (κ2) is 23.1. The summed E-state index contributed by atoms with van der Waals surface area (Å²) in [6, 6.07) is 0. The van der Waals surface area contributed by atoms with Gasteiger partial charge in [-0.15, -0.1) is 12.6 Å². The minimum atomic E-state index is -2.69. The van der Waals surface area contributed by atoms with E-state index in [1.807, 2.05) is 0 Å². The Bertz CT molecular complexity index is 524. The number of ether oxygens (including phenoxy) is 2. The quantitative estimate of drug-likeness (QED) is 0.0445. The highest BCUT2D eigenvalue weighted by atomic mass is 32.1. The van der Waals surface area contributed by atoms with E-state index in [1.165, 1.54) is 96.3 Å². The van der Waals surface area contributed by atoms with Crippen LogP contribution in [0.15, 0.2) is 0 Å². The number of hydrogen-bond acceptors (Lipinski definition) is 6. The van der Waals surface area contributed by atoms with E-state index in [1.54, 1.807) is 6.92 Å². The highest BCUT2D eigenvalue weighted by Gasteiger charge is 2.39. The van der Waals surface area contributed by atoms with E-state index in [9.17, 15) is 14.5 Å². The molecule has 0 aliphatic carbocycles. The molecule has 0 aliphatic rings. The lowest BCUT2D eigenvalue weighted by Gasteiger charge is -2.28. The Morgan fingerprint density at radius 3 is 1.63 bits per heavy atom. The average molecular weight is 539 g/mol. The monoisotopic (exact) mass is 538 g/mol. The number of carboxylic acids is 1. The van der Waals surface area contributed by atoms with Crippen LogP contribution < -0.4 is 0 Å². The number of hydrogen-bond donors (Lipinski definition) is 3. The molecule has 0 aromatic rings. The second-order valence-corrected chi connectivity index (χ2v) is 11.5. The molecular weight excluding hydrogens is 483 g/mol. The number of unbranched alkanes of at least 4 members (excludes halogenated alkanes) is 13. The van der Waals surface area contributed by atoms with Crippen LogP contribution in [-0.2, 0) is 18.8 Å². The van der Waals surface area contributed by atoms with Crippen LogP contribution in [0.4, 0.5) is 0 Å². The predicted octanol–water partition coefficient (Wildman–Crippen LogP) is 8.18. The summed E-state index contributed by atoms with van der Waals surface area (Å²) in [5.74, 6) is -1.17. The molecule has 0 aromatic heterocycles. The predicted molar refractivity (Wildman–Crippen MR) is 150 cm³/mol. The summed E-state index contributed by atoms with van der Waals surface area (Å²) in [5, 5.41) is 19.0. The average Bonchev–Trinajstić information content (AvgIpc) is 2.84. The molecule has 0 aromatic carbocycles.